The first kappa shape index (κ1) is 23.4. The molecule has 0 radical (unpaired) electrons. The highest BCUT2D eigenvalue weighted by Crippen LogP contribution is 2.43. The number of anilines is 1. The second-order valence-corrected chi connectivity index (χ2v) is 10.7. The molecule has 2 aromatic heterocycles. The van der Waals surface area contributed by atoms with Crippen molar-refractivity contribution < 1.29 is 18.7 Å². The lowest BCUT2D eigenvalue weighted by Crippen LogP contribution is -2.55. The number of fused-ring (bicyclic) bond motifs is 1. The smallest absolute Gasteiger partial charge is 0.407 e. The molecule has 0 aromatic carbocycles. The Hall–Kier alpha value is -1.76. The van der Waals surface area contributed by atoms with Gasteiger partial charge in [-0.25, -0.2) is 23.8 Å². The Bertz CT molecular complexity index is 1020. The van der Waals surface area contributed by atoms with Crippen LogP contribution in [0.5, 0.6) is 0 Å². The Balaban J connectivity index is 1.53. The first-order valence-corrected chi connectivity index (χ1v) is 11.9. The van der Waals surface area contributed by atoms with Crippen LogP contribution in [0.1, 0.15) is 46.2 Å². The number of alkyl halides is 1. The SMILES string of the molecule is C[C@@H]1OCC2(CCN(c3nc4c(nc3CF)c(I)nn4C)CC2)[C@@H]1NC(=O)OC(C)(C)C. The number of rotatable bonds is 3. The first-order chi connectivity index (χ1) is 15.0. The first-order valence-electron chi connectivity index (χ1n) is 10.8. The molecule has 0 aliphatic carbocycles. The van der Waals surface area contributed by atoms with Crippen LogP contribution in [0.3, 0.4) is 0 Å². The molecule has 0 bridgehead atoms. The van der Waals surface area contributed by atoms with Crippen molar-refractivity contribution in [2.45, 2.75) is 65.0 Å². The van der Waals surface area contributed by atoms with Crippen molar-refractivity contribution in [3.63, 3.8) is 0 Å². The normalized spacial score (nSPS) is 23.2. The molecule has 1 N–H and O–H groups in total. The Kier molecular flexibility index (Phi) is 6.25. The molecule has 0 saturated carbocycles. The van der Waals surface area contributed by atoms with E-state index in [0.717, 1.165) is 12.8 Å². The van der Waals surface area contributed by atoms with Gasteiger partial charge in [-0.3, -0.25) is 0 Å². The number of piperidine rings is 1. The van der Waals surface area contributed by atoms with Crippen molar-refractivity contribution in [1.82, 2.24) is 25.1 Å². The highest BCUT2D eigenvalue weighted by atomic mass is 127. The lowest BCUT2D eigenvalue weighted by molar-refractivity contribution is 0.0434. The van der Waals surface area contributed by atoms with Gasteiger partial charge in [-0.05, 0) is 63.1 Å². The molecule has 32 heavy (non-hydrogen) atoms. The van der Waals surface area contributed by atoms with Crippen molar-refractivity contribution in [3.05, 3.63) is 9.39 Å². The number of alkyl carbamates (subject to hydrolysis) is 1. The number of aromatic nitrogens is 4. The fraction of sp³-hybridized carbons (Fsp3) is 0.714. The van der Waals surface area contributed by atoms with E-state index < -0.39 is 18.4 Å². The van der Waals surface area contributed by atoms with Gasteiger partial charge in [0.05, 0.1) is 18.8 Å². The van der Waals surface area contributed by atoms with Crippen LogP contribution in [0.25, 0.3) is 11.2 Å². The lowest BCUT2D eigenvalue weighted by Gasteiger charge is -2.43. The molecule has 176 valence electrons. The quantitative estimate of drug-likeness (QED) is 0.576. The molecule has 2 aliphatic rings. The van der Waals surface area contributed by atoms with Crippen molar-refractivity contribution in [3.8, 4) is 0 Å². The van der Waals surface area contributed by atoms with Gasteiger partial charge in [0.15, 0.2) is 15.2 Å². The number of amides is 1. The largest absolute Gasteiger partial charge is 0.444 e. The standard InChI is InChI=1S/C21H30FIN6O3/c1-12-15(25-19(30)32-20(2,3)4)21(11-31-12)6-8-29(9-7-21)17-13(10-22)24-14-16(23)27-28(5)18(14)26-17/h12,15H,6-11H2,1-5H3,(H,25,30)/t12-,15+/m0/s1. The van der Waals surface area contributed by atoms with Gasteiger partial charge in [0.1, 0.15) is 23.5 Å². The summed E-state index contributed by atoms with van der Waals surface area (Å²) in [6.45, 7) is 8.75. The highest BCUT2D eigenvalue weighted by Gasteiger charge is 2.50. The van der Waals surface area contributed by atoms with E-state index in [-0.39, 0.29) is 17.6 Å². The summed E-state index contributed by atoms with van der Waals surface area (Å²) in [6, 6.07) is -0.146. The summed E-state index contributed by atoms with van der Waals surface area (Å²) in [5.74, 6) is 0.567. The molecular formula is C21H30FIN6O3. The summed E-state index contributed by atoms with van der Waals surface area (Å²) in [7, 11) is 1.81. The van der Waals surface area contributed by atoms with Gasteiger partial charge in [-0.1, -0.05) is 0 Å². The van der Waals surface area contributed by atoms with Crippen molar-refractivity contribution in [2.24, 2.45) is 12.5 Å². The number of aryl methyl sites for hydroxylation is 1. The third kappa shape index (κ3) is 4.37. The van der Waals surface area contributed by atoms with Crippen molar-refractivity contribution in [1.29, 1.82) is 0 Å². The summed E-state index contributed by atoms with van der Waals surface area (Å²) in [5, 5.41) is 7.40. The Morgan fingerprint density at radius 1 is 1.34 bits per heavy atom. The topological polar surface area (TPSA) is 94.4 Å². The fourth-order valence-corrected chi connectivity index (χ4v) is 5.38. The molecular weight excluding hydrogens is 530 g/mol. The maximum absolute atomic E-state index is 13.9. The fourth-order valence-electron chi connectivity index (χ4n) is 4.69. The second kappa shape index (κ2) is 8.54. The predicted octanol–water partition coefficient (Wildman–Crippen LogP) is 3.34. The number of nitrogens with zero attached hydrogens (tertiary/aromatic N) is 5. The second-order valence-electron chi connectivity index (χ2n) is 9.70. The van der Waals surface area contributed by atoms with Crippen LogP contribution in [0.15, 0.2) is 0 Å². The molecule has 1 spiro atoms. The summed E-state index contributed by atoms with van der Waals surface area (Å²) in [5.41, 5.74) is 0.843. The molecule has 2 fully saturated rings. The van der Waals surface area contributed by atoms with E-state index in [9.17, 15) is 9.18 Å². The van der Waals surface area contributed by atoms with E-state index in [1.165, 1.54) is 0 Å². The van der Waals surface area contributed by atoms with Crippen LogP contribution in [0.2, 0.25) is 0 Å². The van der Waals surface area contributed by atoms with Gasteiger partial charge in [0, 0.05) is 25.6 Å². The summed E-state index contributed by atoms with van der Waals surface area (Å²) in [6.07, 6.45) is 1.03. The average molecular weight is 560 g/mol. The van der Waals surface area contributed by atoms with Crippen LogP contribution >= 0.6 is 22.6 Å². The van der Waals surface area contributed by atoms with Crippen LogP contribution in [0, 0.1) is 9.12 Å². The van der Waals surface area contributed by atoms with Gasteiger partial charge < -0.3 is 19.7 Å². The third-order valence-corrected chi connectivity index (χ3v) is 7.02. The van der Waals surface area contributed by atoms with E-state index in [1.807, 2.05) is 34.7 Å². The summed E-state index contributed by atoms with van der Waals surface area (Å²) < 4.78 is 27.7. The Morgan fingerprint density at radius 3 is 2.66 bits per heavy atom. The molecule has 2 atom stereocenters. The van der Waals surface area contributed by atoms with E-state index in [0.29, 0.717) is 46.1 Å². The van der Waals surface area contributed by atoms with Gasteiger partial charge in [-0.15, -0.1) is 0 Å². The van der Waals surface area contributed by atoms with Gasteiger partial charge in [0.25, 0.3) is 0 Å². The number of hydrogen-bond donors (Lipinski definition) is 1. The predicted molar refractivity (Wildman–Crippen MR) is 126 cm³/mol. The zero-order chi connectivity index (χ0) is 23.3. The zero-order valence-electron chi connectivity index (χ0n) is 19.1. The zero-order valence-corrected chi connectivity index (χ0v) is 21.3. The van der Waals surface area contributed by atoms with Gasteiger partial charge >= 0.3 is 6.09 Å². The van der Waals surface area contributed by atoms with E-state index in [1.54, 1.807) is 4.68 Å². The summed E-state index contributed by atoms with van der Waals surface area (Å²) in [4.78, 5) is 23.8. The number of carbonyl (C=O) groups excluding carboxylic acids is 1. The number of carbonyl (C=O) groups is 1. The Labute approximate surface area is 200 Å². The average Bonchev–Trinajstić information content (AvgIpc) is 3.17. The number of halogens is 2. The van der Waals surface area contributed by atoms with Crippen LogP contribution in [-0.4, -0.2) is 63.3 Å². The van der Waals surface area contributed by atoms with Crippen LogP contribution in [0.4, 0.5) is 15.0 Å². The molecule has 9 nitrogen and oxygen atoms in total. The van der Waals surface area contributed by atoms with E-state index in [2.05, 4.69) is 42.9 Å². The number of nitrogens with one attached hydrogen (secondary N) is 1. The number of ether oxygens (including phenoxy) is 2. The minimum atomic E-state index is -0.687. The monoisotopic (exact) mass is 560 g/mol. The minimum absolute atomic E-state index is 0.108. The van der Waals surface area contributed by atoms with Crippen molar-refractivity contribution in [2.75, 3.05) is 24.6 Å². The molecule has 0 unspecified atom stereocenters. The van der Waals surface area contributed by atoms with Crippen LogP contribution < -0.4 is 10.2 Å². The van der Waals surface area contributed by atoms with Crippen molar-refractivity contribution >= 4 is 45.7 Å². The third-order valence-electron chi connectivity index (χ3n) is 6.29. The van der Waals surface area contributed by atoms with E-state index >= 15 is 0 Å². The lowest BCUT2D eigenvalue weighted by atomic mass is 9.73. The van der Waals surface area contributed by atoms with Gasteiger partial charge in [-0.2, -0.15) is 5.10 Å². The Morgan fingerprint density at radius 2 is 2.03 bits per heavy atom. The van der Waals surface area contributed by atoms with Gasteiger partial charge in [0.2, 0.25) is 0 Å². The van der Waals surface area contributed by atoms with Crippen LogP contribution in [-0.2, 0) is 23.2 Å². The summed E-state index contributed by atoms with van der Waals surface area (Å²) >= 11 is 2.09. The molecule has 4 heterocycles. The molecule has 11 heteroatoms. The maximum Gasteiger partial charge on any atom is 0.407 e. The molecule has 1 amide bonds. The van der Waals surface area contributed by atoms with E-state index in [4.69, 9.17) is 14.5 Å². The minimum Gasteiger partial charge on any atom is -0.444 e. The molecule has 2 saturated heterocycles. The molecule has 2 aliphatic heterocycles. The highest BCUT2D eigenvalue weighted by molar-refractivity contribution is 14.1. The number of hydrogen-bond acceptors (Lipinski definition) is 7. The molecule has 4 rings (SSSR count). The molecule has 2 aromatic rings. The maximum atomic E-state index is 13.9.